The Morgan fingerprint density at radius 1 is 1.14 bits per heavy atom. The van der Waals surface area contributed by atoms with Crippen molar-refractivity contribution in [2.24, 2.45) is 0 Å². The maximum atomic E-state index is 14.1. The number of pyridine rings is 1. The molecule has 1 amide bonds. The molecule has 0 bridgehead atoms. The van der Waals surface area contributed by atoms with Gasteiger partial charge in [-0.1, -0.05) is 24.3 Å². The van der Waals surface area contributed by atoms with Gasteiger partial charge in [0.2, 0.25) is 0 Å². The molecule has 1 aliphatic heterocycles. The van der Waals surface area contributed by atoms with Crippen molar-refractivity contribution in [3.05, 3.63) is 71.7 Å². The molecule has 7 nitrogen and oxygen atoms in total. The lowest BCUT2D eigenvalue weighted by Gasteiger charge is -2.36. The summed E-state index contributed by atoms with van der Waals surface area (Å²) < 4.78 is 25.4. The lowest BCUT2D eigenvalue weighted by molar-refractivity contribution is 0.0674. The van der Waals surface area contributed by atoms with E-state index in [-0.39, 0.29) is 29.6 Å². The van der Waals surface area contributed by atoms with Gasteiger partial charge in [0.15, 0.2) is 23.1 Å². The molecule has 4 rings (SSSR count). The van der Waals surface area contributed by atoms with Gasteiger partial charge < -0.3 is 25.4 Å². The zero-order valence-electron chi connectivity index (χ0n) is 20.4. The van der Waals surface area contributed by atoms with E-state index < -0.39 is 11.9 Å². The van der Waals surface area contributed by atoms with Gasteiger partial charge in [-0.15, -0.1) is 0 Å². The summed E-state index contributed by atoms with van der Waals surface area (Å²) in [5.74, 6) is 0.305. The van der Waals surface area contributed by atoms with E-state index >= 15 is 0 Å². The maximum absolute atomic E-state index is 14.1. The van der Waals surface area contributed by atoms with E-state index in [0.717, 1.165) is 11.1 Å². The van der Waals surface area contributed by atoms with Gasteiger partial charge in [-0.2, -0.15) is 0 Å². The quantitative estimate of drug-likeness (QED) is 0.545. The number of ether oxygens (including phenoxy) is 2. The molecule has 1 aliphatic rings. The number of carbonyl (C=O) groups is 1. The molecule has 184 valence electrons. The highest BCUT2D eigenvalue weighted by molar-refractivity contribution is 5.95. The SMILES string of the molecule is COc1c(F)cccc1C(C)Oc1cc(-c2ccc(C(=O)N3C[C@@H](C)N[C@@H](C)C3)cc2)cnc1N. The monoisotopic (exact) mass is 478 g/mol. The van der Waals surface area contributed by atoms with Crippen LogP contribution in [0.2, 0.25) is 0 Å². The Morgan fingerprint density at radius 2 is 1.83 bits per heavy atom. The molecular formula is C27H31FN4O3. The summed E-state index contributed by atoms with van der Waals surface area (Å²) >= 11 is 0. The Labute approximate surface area is 205 Å². The van der Waals surface area contributed by atoms with E-state index in [9.17, 15) is 9.18 Å². The zero-order chi connectivity index (χ0) is 25.1. The van der Waals surface area contributed by atoms with Crippen molar-refractivity contribution in [1.82, 2.24) is 15.2 Å². The number of nitrogens with one attached hydrogen (secondary N) is 1. The number of anilines is 1. The fourth-order valence-electron chi connectivity index (χ4n) is 4.50. The van der Waals surface area contributed by atoms with E-state index in [1.54, 1.807) is 31.3 Å². The van der Waals surface area contributed by atoms with Crippen LogP contribution in [-0.4, -0.2) is 48.1 Å². The Bertz CT molecular complexity index is 1190. The molecule has 2 heterocycles. The van der Waals surface area contributed by atoms with Gasteiger partial charge in [-0.05, 0) is 50.6 Å². The molecule has 35 heavy (non-hydrogen) atoms. The standard InChI is InChI=1S/C27H31FN4O3/c1-16-14-32(15-17(2)31-16)27(33)20-10-8-19(9-11-20)21-12-24(26(29)30-13-21)35-18(3)22-6-5-7-23(28)25(22)34-4/h5-13,16-18,31H,14-15H2,1-4H3,(H2,29,30)/t16-,17+,18?. The normalized spacial score (nSPS) is 18.7. The van der Waals surface area contributed by atoms with Crippen LogP contribution in [-0.2, 0) is 0 Å². The summed E-state index contributed by atoms with van der Waals surface area (Å²) in [4.78, 5) is 19.1. The molecule has 1 aromatic heterocycles. The summed E-state index contributed by atoms with van der Waals surface area (Å²) in [6.45, 7) is 7.32. The van der Waals surface area contributed by atoms with Crippen molar-refractivity contribution in [1.29, 1.82) is 0 Å². The van der Waals surface area contributed by atoms with Gasteiger partial charge in [0.05, 0.1) is 7.11 Å². The number of nitrogens with two attached hydrogens (primary N) is 1. The molecule has 0 saturated carbocycles. The van der Waals surface area contributed by atoms with Crippen LogP contribution in [0.3, 0.4) is 0 Å². The van der Waals surface area contributed by atoms with Gasteiger partial charge >= 0.3 is 0 Å². The third kappa shape index (κ3) is 5.38. The highest BCUT2D eigenvalue weighted by Gasteiger charge is 2.25. The Balaban J connectivity index is 1.53. The summed E-state index contributed by atoms with van der Waals surface area (Å²) in [6.07, 6.45) is 1.13. The van der Waals surface area contributed by atoms with Crippen LogP contribution in [0.1, 0.15) is 42.8 Å². The summed E-state index contributed by atoms with van der Waals surface area (Å²) in [7, 11) is 1.42. The number of carbonyl (C=O) groups excluding carboxylic acids is 1. The molecule has 2 aromatic carbocycles. The van der Waals surface area contributed by atoms with Gasteiger partial charge in [-0.25, -0.2) is 9.37 Å². The number of hydrogen-bond donors (Lipinski definition) is 2. The third-order valence-corrected chi connectivity index (χ3v) is 6.13. The lowest BCUT2D eigenvalue weighted by Crippen LogP contribution is -2.55. The number of halogens is 1. The number of amides is 1. The zero-order valence-corrected chi connectivity index (χ0v) is 20.4. The molecule has 8 heteroatoms. The minimum atomic E-state index is -0.524. The molecule has 1 unspecified atom stereocenters. The van der Waals surface area contributed by atoms with Crippen molar-refractivity contribution in [2.45, 2.75) is 39.0 Å². The Morgan fingerprint density at radius 3 is 2.49 bits per heavy atom. The first-order valence-corrected chi connectivity index (χ1v) is 11.7. The number of nitrogen functional groups attached to an aromatic ring is 1. The topological polar surface area (TPSA) is 89.7 Å². The molecular weight excluding hydrogens is 447 g/mol. The van der Waals surface area contributed by atoms with Gasteiger partial charge in [0, 0.05) is 48.1 Å². The molecule has 0 aliphatic carbocycles. The van der Waals surface area contributed by atoms with Crippen LogP contribution in [0.4, 0.5) is 10.2 Å². The van der Waals surface area contributed by atoms with E-state index in [1.165, 1.54) is 13.2 Å². The second kappa shape index (κ2) is 10.3. The van der Waals surface area contributed by atoms with E-state index in [4.69, 9.17) is 15.2 Å². The minimum Gasteiger partial charge on any atom is -0.493 e. The first kappa shape index (κ1) is 24.5. The third-order valence-electron chi connectivity index (χ3n) is 6.13. The number of aromatic nitrogens is 1. The predicted molar refractivity (Wildman–Crippen MR) is 134 cm³/mol. The molecule has 1 fully saturated rings. The molecule has 3 atom stereocenters. The number of hydrogen-bond acceptors (Lipinski definition) is 6. The van der Waals surface area contributed by atoms with Crippen molar-refractivity contribution >= 4 is 11.7 Å². The van der Waals surface area contributed by atoms with E-state index in [0.29, 0.717) is 30.0 Å². The summed E-state index contributed by atoms with van der Waals surface area (Å²) in [5.41, 5.74) is 8.93. The van der Waals surface area contributed by atoms with Crippen molar-refractivity contribution < 1.29 is 18.7 Å². The number of para-hydroxylation sites is 1. The van der Waals surface area contributed by atoms with Crippen LogP contribution >= 0.6 is 0 Å². The number of benzene rings is 2. The predicted octanol–water partition coefficient (Wildman–Crippen LogP) is 4.44. The second-order valence-electron chi connectivity index (χ2n) is 8.99. The fraction of sp³-hybridized carbons (Fsp3) is 0.333. The molecule has 1 saturated heterocycles. The van der Waals surface area contributed by atoms with Crippen LogP contribution in [0.15, 0.2) is 54.7 Å². The minimum absolute atomic E-state index is 0.0223. The molecule has 3 N–H and O–H groups in total. The smallest absolute Gasteiger partial charge is 0.253 e. The van der Waals surface area contributed by atoms with Gasteiger partial charge in [-0.3, -0.25) is 4.79 Å². The van der Waals surface area contributed by atoms with Crippen molar-refractivity contribution in [2.75, 3.05) is 25.9 Å². The summed E-state index contributed by atoms with van der Waals surface area (Å²) in [6, 6.07) is 14.4. The largest absolute Gasteiger partial charge is 0.493 e. The molecule has 0 spiro atoms. The lowest BCUT2D eigenvalue weighted by atomic mass is 10.0. The van der Waals surface area contributed by atoms with Crippen LogP contribution in [0.5, 0.6) is 11.5 Å². The van der Waals surface area contributed by atoms with Crippen LogP contribution < -0.4 is 20.5 Å². The fourth-order valence-corrected chi connectivity index (χ4v) is 4.50. The average molecular weight is 479 g/mol. The second-order valence-corrected chi connectivity index (χ2v) is 8.99. The maximum Gasteiger partial charge on any atom is 0.253 e. The number of piperazine rings is 1. The van der Waals surface area contributed by atoms with Gasteiger partial charge in [0.1, 0.15) is 6.10 Å². The van der Waals surface area contributed by atoms with Crippen LogP contribution in [0.25, 0.3) is 11.1 Å². The first-order valence-electron chi connectivity index (χ1n) is 11.7. The highest BCUT2D eigenvalue weighted by atomic mass is 19.1. The average Bonchev–Trinajstić information content (AvgIpc) is 2.84. The van der Waals surface area contributed by atoms with E-state index in [1.807, 2.05) is 29.2 Å². The summed E-state index contributed by atoms with van der Waals surface area (Å²) in [5, 5.41) is 3.44. The number of nitrogens with zero attached hydrogens (tertiary/aromatic N) is 2. The van der Waals surface area contributed by atoms with Gasteiger partial charge in [0.25, 0.3) is 5.91 Å². The molecule has 3 aromatic rings. The van der Waals surface area contributed by atoms with Crippen molar-refractivity contribution in [3.63, 3.8) is 0 Å². The molecule has 0 radical (unpaired) electrons. The number of rotatable bonds is 6. The van der Waals surface area contributed by atoms with E-state index in [2.05, 4.69) is 24.1 Å². The number of methoxy groups -OCH3 is 1. The Kier molecular flexibility index (Phi) is 7.21. The Hall–Kier alpha value is -3.65. The van der Waals surface area contributed by atoms with Crippen LogP contribution in [0, 0.1) is 5.82 Å². The van der Waals surface area contributed by atoms with Crippen molar-refractivity contribution in [3.8, 4) is 22.6 Å². The first-order chi connectivity index (χ1) is 16.8. The highest BCUT2D eigenvalue weighted by Crippen LogP contribution is 2.34.